The SMILES string of the molecule is CC[C@H](NC(=O)c1cc(-c2ccc(OC)cc2)n[nH]1)c1n[nH]c(C)n1. The Kier molecular flexibility index (Phi) is 4.78. The van der Waals surface area contributed by atoms with Gasteiger partial charge in [0, 0.05) is 5.56 Å². The first-order chi connectivity index (χ1) is 12.1. The zero-order chi connectivity index (χ0) is 17.8. The van der Waals surface area contributed by atoms with E-state index in [4.69, 9.17) is 4.74 Å². The molecule has 3 N–H and O–H groups in total. The van der Waals surface area contributed by atoms with Crippen molar-refractivity contribution < 1.29 is 9.53 Å². The van der Waals surface area contributed by atoms with Gasteiger partial charge in [0.1, 0.15) is 17.3 Å². The van der Waals surface area contributed by atoms with Crippen LogP contribution in [0.15, 0.2) is 30.3 Å². The molecule has 0 aliphatic carbocycles. The monoisotopic (exact) mass is 340 g/mol. The molecule has 2 heterocycles. The number of carbonyl (C=O) groups is 1. The molecule has 2 aromatic heterocycles. The molecule has 25 heavy (non-hydrogen) atoms. The van der Waals surface area contributed by atoms with Crippen molar-refractivity contribution in [2.75, 3.05) is 7.11 Å². The van der Waals surface area contributed by atoms with Crippen molar-refractivity contribution in [3.8, 4) is 17.0 Å². The molecule has 8 heteroatoms. The third-order valence-corrected chi connectivity index (χ3v) is 3.85. The third kappa shape index (κ3) is 3.68. The number of nitrogens with one attached hydrogen (secondary N) is 3. The predicted molar refractivity (Wildman–Crippen MR) is 92.2 cm³/mol. The molecule has 1 amide bonds. The molecule has 8 nitrogen and oxygen atoms in total. The van der Waals surface area contributed by atoms with Crippen molar-refractivity contribution in [2.45, 2.75) is 26.3 Å². The van der Waals surface area contributed by atoms with Crippen molar-refractivity contribution in [1.29, 1.82) is 0 Å². The molecular formula is C17H20N6O2. The molecule has 0 unspecified atom stereocenters. The standard InChI is InChI=1S/C17H20N6O2/c1-4-13(16-18-10(2)20-23-16)19-17(24)15-9-14(21-22-15)11-5-7-12(25-3)8-6-11/h5-9,13H,4H2,1-3H3,(H,19,24)(H,21,22)(H,18,20,23)/t13-/m0/s1. The highest BCUT2D eigenvalue weighted by Crippen LogP contribution is 2.21. The fourth-order valence-corrected chi connectivity index (χ4v) is 2.45. The van der Waals surface area contributed by atoms with E-state index >= 15 is 0 Å². The second kappa shape index (κ2) is 7.16. The van der Waals surface area contributed by atoms with E-state index in [1.165, 1.54) is 0 Å². The van der Waals surface area contributed by atoms with Gasteiger partial charge in [-0.25, -0.2) is 4.98 Å². The van der Waals surface area contributed by atoms with Crippen molar-refractivity contribution in [1.82, 2.24) is 30.7 Å². The summed E-state index contributed by atoms with van der Waals surface area (Å²) < 4.78 is 5.14. The number of hydrogen-bond donors (Lipinski definition) is 3. The Bertz CT molecular complexity index is 852. The van der Waals surface area contributed by atoms with Crippen LogP contribution in [-0.2, 0) is 0 Å². The molecule has 0 aliphatic heterocycles. The van der Waals surface area contributed by atoms with Crippen LogP contribution in [0, 0.1) is 6.92 Å². The number of H-pyrrole nitrogens is 2. The zero-order valence-electron chi connectivity index (χ0n) is 14.3. The molecule has 0 fully saturated rings. The molecule has 3 rings (SSSR count). The summed E-state index contributed by atoms with van der Waals surface area (Å²) in [5, 5.41) is 16.8. The fourth-order valence-electron chi connectivity index (χ4n) is 2.45. The van der Waals surface area contributed by atoms with Crippen LogP contribution < -0.4 is 10.1 Å². The van der Waals surface area contributed by atoms with E-state index in [1.807, 2.05) is 38.1 Å². The molecule has 130 valence electrons. The minimum atomic E-state index is -0.259. The topological polar surface area (TPSA) is 109 Å². The number of ether oxygens (including phenoxy) is 1. The van der Waals surface area contributed by atoms with E-state index in [9.17, 15) is 4.79 Å². The Hall–Kier alpha value is -3.16. The normalized spacial score (nSPS) is 12.0. The lowest BCUT2D eigenvalue weighted by atomic mass is 10.1. The van der Waals surface area contributed by atoms with Crippen molar-refractivity contribution in [3.63, 3.8) is 0 Å². The van der Waals surface area contributed by atoms with Gasteiger partial charge in [0.05, 0.1) is 18.8 Å². The minimum absolute atomic E-state index is 0.249. The summed E-state index contributed by atoms with van der Waals surface area (Å²) in [5.41, 5.74) is 1.97. The Balaban J connectivity index is 1.73. The summed E-state index contributed by atoms with van der Waals surface area (Å²) in [6.07, 6.45) is 0.683. The maximum Gasteiger partial charge on any atom is 0.269 e. The Morgan fingerprint density at radius 2 is 2.00 bits per heavy atom. The number of amides is 1. The molecule has 0 aliphatic rings. The third-order valence-electron chi connectivity index (χ3n) is 3.85. The van der Waals surface area contributed by atoms with E-state index < -0.39 is 0 Å². The van der Waals surface area contributed by atoms with Crippen LogP contribution in [0.4, 0.5) is 0 Å². The number of aryl methyl sites for hydroxylation is 1. The zero-order valence-corrected chi connectivity index (χ0v) is 14.3. The molecule has 1 atom stereocenters. The summed E-state index contributed by atoms with van der Waals surface area (Å²) in [6, 6.07) is 8.94. The smallest absolute Gasteiger partial charge is 0.269 e. The summed E-state index contributed by atoms with van der Waals surface area (Å²) in [7, 11) is 1.62. The molecule has 0 saturated carbocycles. The van der Waals surface area contributed by atoms with Gasteiger partial charge in [0.25, 0.3) is 5.91 Å². The van der Waals surface area contributed by atoms with Gasteiger partial charge >= 0.3 is 0 Å². The Morgan fingerprint density at radius 1 is 1.24 bits per heavy atom. The predicted octanol–water partition coefficient (Wildman–Crippen LogP) is 2.39. The molecule has 0 spiro atoms. The average Bonchev–Trinajstić information content (AvgIpc) is 3.29. The van der Waals surface area contributed by atoms with Gasteiger partial charge in [0.2, 0.25) is 0 Å². The van der Waals surface area contributed by atoms with Crippen LogP contribution in [0.3, 0.4) is 0 Å². The van der Waals surface area contributed by atoms with E-state index in [1.54, 1.807) is 13.2 Å². The van der Waals surface area contributed by atoms with E-state index in [0.29, 0.717) is 29.5 Å². The first kappa shape index (κ1) is 16.7. The first-order valence-electron chi connectivity index (χ1n) is 8.00. The van der Waals surface area contributed by atoms with Crippen LogP contribution in [0.2, 0.25) is 0 Å². The molecule has 1 aromatic carbocycles. The number of aromatic amines is 2. The summed E-state index contributed by atoms with van der Waals surface area (Å²) in [4.78, 5) is 16.7. The van der Waals surface area contributed by atoms with Gasteiger partial charge in [0.15, 0.2) is 5.82 Å². The van der Waals surface area contributed by atoms with Crippen molar-refractivity contribution >= 4 is 5.91 Å². The maximum atomic E-state index is 12.5. The van der Waals surface area contributed by atoms with Crippen LogP contribution in [0.1, 0.15) is 41.5 Å². The average molecular weight is 340 g/mol. The number of rotatable bonds is 6. The molecule has 0 saturated heterocycles. The molecule has 0 radical (unpaired) electrons. The lowest BCUT2D eigenvalue weighted by Crippen LogP contribution is -2.29. The number of carbonyl (C=O) groups excluding carboxylic acids is 1. The fraction of sp³-hybridized carbons (Fsp3) is 0.294. The van der Waals surface area contributed by atoms with Gasteiger partial charge in [-0.2, -0.15) is 10.2 Å². The second-order valence-electron chi connectivity index (χ2n) is 5.61. The summed E-state index contributed by atoms with van der Waals surface area (Å²) >= 11 is 0. The highest BCUT2D eigenvalue weighted by atomic mass is 16.5. The largest absolute Gasteiger partial charge is 0.497 e. The van der Waals surface area contributed by atoms with Crippen molar-refractivity contribution in [2.24, 2.45) is 0 Å². The quantitative estimate of drug-likeness (QED) is 0.638. The van der Waals surface area contributed by atoms with Gasteiger partial charge in [-0.15, -0.1) is 0 Å². The lowest BCUT2D eigenvalue weighted by molar-refractivity contribution is 0.0928. The number of benzene rings is 1. The van der Waals surface area contributed by atoms with Crippen molar-refractivity contribution in [3.05, 3.63) is 47.7 Å². The second-order valence-corrected chi connectivity index (χ2v) is 5.61. The highest BCUT2D eigenvalue weighted by Gasteiger charge is 2.19. The Morgan fingerprint density at radius 3 is 2.60 bits per heavy atom. The summed E-state index contributed by atoms with van der Waals surface area (Å²) in [5.74, 6) is 1.81. The number of methoxy groups -OCH3 is 1. The lowest BCUT2D eigenvalue weighted by Gasteiger charge is -2.12. The van der Waals surface area contributed by atoms with Crippen LogP contribution in [0.5, 0.6) is 5.75 Å². The van der Waals surface area contributed by atoms with E-state index in [-0.39, 0.29) is 11.9 Å². The molecule has 0 bridgehead atoms. The van der Waals surface area contributed by atoms with Gasteiger partial charge in [-0.1, -0.05) is 6.92 Å². The van der Waals surface area contributed by atoms with E-state index in [2.05, 4.69) is 30.7 Å². The highest BCUT2D eigenvalue weighted by molar-refractivity contribution is 5.93. The molecular weight excluding hydrogens is 320 g/mol. The van der Waals surface area contributed by atoms with Crippen LogP contribution >= 0.6 is 0 Å². The van der Waals surface area contributed by atoms with Crippen LogP contribution in [0.25, 0.3) is 11.3 Å². The first-order valence-corrected chi connectivity index (χ1v) is 8.00. The van der Waals surface area contributed by atoms with Crippen LogP contribution in [-0.4, -0.2) is 38.4 Å². The van der Waals surface area contributed by atoms with Gasteiger partial charge in [-0.3, -0.25) is 15.0 Å². The number of nitrogens with zero attached hydrogens (tertiary/aromatic N) is 3. The minimum Gasteiger partial charge on any atom is -0.497 e. The molecule has 3 aromatic rings. The number of aromatic nitrogens is 5. The van der Waals surface area contributed by atoms with Gasteiger partial charge in [-0.05, 0) is 43.7 Å². The number of hydrogen-bond acceptors (Lipinski definition) is 5. The maximum absolute atomic E-state index is 12.5. The Labute approximate surface area is 145 Å². The van der Waals surface area contributed by atoms with Gasteiger partial charge < -0.3 is 10.1 Å². The summed E-state index contributed by atoms with van der Waals surface area (Å²) in [6.45, 7) is 3.79. The van der Waals surface area contributed by atoms with E-state index in [0.717, 1.165) is 11.3 Å².